The molecule has 6 heteroatoms. The van der Waals surface area contributed by atoms with Gasteiger partial charge in [-0.3, -0.25) is 14.6 Å². The number of phenols is 1. The van der Waals surface area contributed by atoms with Crippen LogP contribution in [0.3, 0.4) is 0 Å². The SMILES string of the molecule is CCN(CC)c1ccc(/C=C2\Oc3c(CN4CCN(Cc5ccccc5)CC4)c(O)cc(C)c3C2=O)cc1. The van der Waals surface area contributed by atoms with Gasteiger partial charge >= 0.3 is 0 Å². The summed E-state index contributed by atoms with van der Waals surface area (Å²) in [7, 11) is 0. The van der Waals surface area contributed by atoms with Crippen LogP contribution in [0.1, 0.15) is 46.5 Å². The number of ketones is 1. The molecule has 5 rings (SSSR count). The molecule has 0 aliphatic carbocycles. The summed E-state index contributed by atoms with van der Waals surface area (Å²) in [5.74, 6) is 0.869. The fourth-order valence-corrected chi connectivity index (χ4v) is 5.43. The highest BCUT2D eigenvalue weighted by Crippen LogP contribution is 2.42. The van der Waals surface area contributed by atoms with Crippen molar-refractivity contribution < 1.29 is 14.6 Å². The first kappa shape index (κ1) is 26.0. The third-order valence-electron chi connectivity index (χ3n) is 7.64. The minimum atomic E-state index is -0.126. The Balaban J connectivity index is 1.30. The van der Waals surface area contributed by atoms with Crippen LogP contribution in [0.5, 0.6) is 11.5 Å². The number of hydrogen-bond acceptors (Lipinski definition) is 6. The highest BCUT2D eigenvalue weighted by molar-refractivity contribution is 6.15. The van der Waals surface area contributed by atoms with Gasteiger partial charge in [0.15, 0.2) is 5.76 Å². The number of anilines is 1. The minimum Gasteiger partial charge on any atom is -0.507 e. The van der Waals surface area contributed by atoms with Crippen LogP contribution in [0, 0.1) is 6.92 Å². The number of Topliss-reactive ketones (excluding diaryl/α,β-unsaturated/α-hetero) is 1. The van der Waals surface area contributed by atoms with Crippen LogP contribution in [-0.2, 0) is 13.1 Å². The van der Waals surface area contributed by atoms with E-state index in [0.29, 0.717) is 29.2 Å². The average molecular weight is 512 g/mol. The Kier molecular flexibility index (Phi) is 7.82. The van der Waals surface area contributed by atoms with Gasteiger partial charge in [-0.25, -0.2) is 0 Å². The van der Waals surface area contributed by atoms with Crippen molar-refractivity contribution in [3.05, 3.63) is 94.2 Å². The summed E-state index contributed by atoms with van der Waals surface area (Å²) in [4.78, 5) is 20.4. The fourth-order valence-electron chi connectivity index (χ4n) is 5.43. The van der Waals surface area contributed by atoms with E-state index in [1.165, 1.54) is 5.56 Å². The maximum atomic E-state index is 13.4. The molecule has 0 spiro atoms. The predicted octanol–water partition coefficient (Wildman–Crippen LogP) is 5.48. The molecule has 0 radical (unpaired) electrons. The van der Waals surface area contributed by atoms with Crippen molar-refractivity contribution in [1.82, 2.24) is 9.80 Å². The summed E-state index contributed by atoms with van der Waals surface area (Å²) in [6.45, 7) is 13.2. The lowest BCUT2D eigenvalue weighted by Crippen LogP contribution is -2.45. The molecule has 0 atom stereocenters. The Morgan fingerprint density at radius 1 is 0.921 bits per heavy atom. The summed E-state index contributed by atoms with van der Waals surface area (Å²) in [5, 5.41) is 10.9. The Hall–Kier alpha value is -3.61. The zero-order chi connectivity index (χ0) is 26.6. The van der Waals surface area contributed by atoms with E-state index in [1.807, 2.05) is 25.1 Å². The molecule has 1 saturated heterocycles. The van der Waals surface area contributed by atoms with Crippen LogP contribution >= 0.6 is 0 Å². The van der Waals surface area contributed by atoms with E-state index in [9.17, 15) is 9.90 Å². The van der Waals surface area contributed by atoms with E-state index in [0.717, 1.165) is 62.6 Å². The van der Waals surface area contributed by atoms with E-state index >= 15 is 0 Å². The van der Waals surface area contributed by atoms with E-state index in [2.05, 4.69) is 64.9 Å². The third-order valence-corrected chi connectivity index (χ3v) is 7.64. The number of allylic oxidation sites excluding steroid dienone is 1. The topological polar surface area (TPSA) is 56.3 Å². The van der Waals surface area contributed by atoms with Gasteiger partial charge in [0.25, 0.3) is 0 Å². The number of fused-ring (bicyclic) bond motifs is 1. The smallest absolute Gasteiger partial charge is 0.232 e. The van der Waals surface area contributed by atoms with Crippen LogP contribution in [0.2, 0.25) is 0 Å². The standard InChI is InChI=1S/C32H37N3O3/c1-4-35(5-2)26-13-11-24(12-14-26)20-29-31(37)30-23(3)19-28(36)27(32(30)38-29)22-34-17-15-33(16-18-34)21-25-9-7-6-8-10-25/h6-14,19-20,36H,4-5,15-18,21-22H2,1-3H3/b29-20-. The molecule has 3 aromatic carbocycles. The molecule has 1 N–H and O–H groups in total. The molecular weight excluding hydrogens is 474 g/mol. The lowest BCUT2D eigenvalue weighted by atomic mass is 9.99. The molecule has 0 aromatic heterocycles. The zero-order valence-electron chi connectivity index (χ0n) is 22.6. The van der Waals surface area contributed by atoms with Crippen molar-refractivity contribution in [2.45, 2.75) is 33.9 Å². The molecule has 6 nitrogen and oxygen atoms in total. The molecule has 2 aliphatic rings. The number of phenolic OH excluding ortho intramolecular Hbond substituents is 1. The molecule has 2 aliphatic heterocycles. The molecular formula is C32H37N3O3. The van der Waals surface area contributed by atoms with Gasteiger partial charge in [0, 0.05) is 58.0 Å². The Bertz CT molecular complexity index is 1310. The molecule has 0 bridgehead atoms. The second-order valence-corrected chi connectivity index (χ2v) is 10.1. The summed E-state index contributed by atoms with van der Waals surface area (Å²) < 4.78 is 6.18. The number of ether oxygens (including phenoxy) is 1. The second kappa shape index (κ2) is 11.4. The summed E-state index contributed by atoms with van der Waals surface area (Å²) >= 11 is 0. The Morgan fingerprint density at radius 2 is 1.55 bits per heavy atom. The van der Waals surface area contributed by atoms with Gasteiger partial charge in [0.1, 0.15) is 11.5 Å². The molecule has 3 aromatic rings. The molecule has 1 fully saturated rings. The van der Waals surface area contributed by atoms with Crippen molar-refractivity contribution in [2.24, 2.45) is 0 Å². The second-order valence-electron chi connectivity index (χ2n) is 10.1. The van der Waals surface area contributed by atoms with E-state index in [-0.39, 0.29) is 11.5 Å². The summed E-state index contributed by atoms with van der Waals surface area (Å²) in [5.41, 5.74) is 5.38. The van der Waals surface area contributed by atoms with Gasteiger partial charge in [-0.2, -0.15) is 0 Å². The quantitative estimate of drug-likeness (QED) is 0.404. The number of carbonyl (C=O) groups is 1. The van der Waals surface area contributed by atoms with Crippen molar-refractivity contribution >= 4 is 17.5 Å². The van der Waals surface area contributed by atoms with Gasteiger partial charge in [0.05, 0.1) is 11.1 Å². The van der Waals surface area contributed by atoms with Gasteiger partial charge in [-0.1, -0.05) is 42.5 Å². The maximum absolute atomic E-state index is 13.4. The fraction of sp³-hybridized carbons (Fsp3) is 0.344. The third kappa shape index (κ3) is 5.47. The van der Waals surface area contributed by atoms with E-state index in [4.69, 9.17) is 4.74 Å². The van der Waals surface area contributed by atoms with Crippen molar-refractivity contribution in [3.63, 3.8) is 0 Å². The Labute approximate surface area is 225 Å². The first-order valence-corrected chi connectivity index (χ1v) is 13.6. The van der Waals surface area contributed by atoms with Crippen LogP contribution in [0.15, 0.2) is 66.4 Å². The first-order chi connectivity index (χ1) is 18.5. The number of piperazine rings is 1. The molecule has 0 unspecified atom stereocenters. The van der Waals surface area contributed by atoms with Crippen LogP contribution in [0.25, 0.3) is 6.08 Å². The van der Waals surface area contributed by atoms with Gasteiger partial charge in [-0.15, -0.1) is 0 Å². The number of nitrogens with zero attached hydrogens (tertiary/aromatic N) is 3. The lowest BCUT2D eigenvalue weighted by molar-refractivity contribution is 0.101. The predicted molar refractivity (Wildman–Crippen MR) is 153 cm³/mol. The summed E-state index contributed by atoms with van der Waals surface area (Å²) in [6, 6.07) is 20.4. The Morgan fingerprint density at radius 3 is 2.18 bits per heavy atom. The van der Waals surface area contributed by atoms with E-state index in [1.54, 1.807) is 12.1 Å². The van der Waals surface area contributed by atoms with Crippen molar-refractivity contribution in [3.8, 4) is 11.5 Å². The van der Waals surface area contributed by atoms with Gasteiger partial charge < -0.3 is 14.7 Å². The van der Waals surface area contributed by atoms with Gasteiger partial charge in [0.2, 0.25) is 5.78 Å². The maximum Gasteiger partial charge on any atom is 0.232 e. The number of rotatable bonds is 8. The number of aromatic hydroxyl groups is 1. The van der Waals surface area contributed by atoms with Gasteiger partial charge in [-0.05, 0) is 61.7 Å². The molecule has 0 amide bonds. The average Bonchev–Trinajstić information content (AvgIpc) is 3.25. The highest BCUT2D eigenvalue weighted by atomic mass is 16.5. The lowest BCUT2D eigenvalue weighted by Gasteiger charge is -2.35. The molecule has 2 heterocycles. The number of hydrogen-bond donors (Lipinski definition) is 1. The first-order valence-electron chi connectivity index (χ1n) is 13.6. The van der Waals surface area contributed by atoms with Crippen molar-refractivity contribution in [2.75, 3.05) is 44.2 Å². The van der Waals surface area contributed by atoms with Crippen LogP contribution in [0.4, 0.5) is 5.69 Å². The van der Waals surface area contributed by atoms with E-state index < -0.39 is 0 Å². The van der Waals surface area contributed by atoms with Crippen LogP contribution in [-0.4, -0.2) is 60.0 Å². The highest BCUT2D eigenvalue weighted by Gasteiger charge is 2.34. The number of carbonyl (C=O) groups excluding carboxylic acids is 1. The molecule has 0 saturated carbocycles. The monoisotopic (exact) mass is 511 g/mol. The summed E-state index contributed by atoms with van der Waals surface area (Å²) in [6.07, 6.45) is 1.80. The van der Waals surface area contributed by atoms with Crippen LogP contribution < -0.4 is 9.64 Å². The zero-order valence-corrected chi connectivity index (χ0v) is 22.6. The number of benzene rings is 3. The molecule has 38 heavy (non-hydrogen) atoms. The minimum absolute atomic E-state index is 0.126. The van der Waals surface area contributed by atoms with Crippen molar-refractivity contribution in [1.29, 1.82) is 0 Å². The largest absolute Gasteiger partial charge is 0.507 e. The number of aryl methyl sites for hydroxylation is 1. The molecule has 198 valence electrons. The normalized spacial score (nSPS) is 17.0.